The first kappa shape index (κ1) is 16.3. The topological polar surface area (TPSA) is 68.2 Å². The summed E-state index contributed by atoms with van der Waals surface area (Å²) in [5, 5.41) is 7.59. The molecular weight excluding hydrogens is 353 g/mol. The summed E-state index contributed by atoms with van der Waals surface area (Å²) in [7, 11) is 1.94. The molecule has 1 saturated carbocycles. The number of nitrogens with one attached hydrogen (secondary N) is 1. The molecule has 3 N–H and O–H groups in total. The number of aryl methyl sites for hydroxylation is 2. The average molecular weight is 377 g/mol. The van der Waals surface area contributed by atoms with Crippen molar-refractivity contribution in [1.82, 2.24) is 15.1 Å². The van der Waals surface area contributed by atoms with Crippen molar-refractivity contribution in [2.75, 3.05) is 6.54 Å². The maximum Gasteiger partial charge on any atom is 0.188 e. The zero-order valence-electron chi connectivity index (χ0n) is 11.7. The minimum Gasteiger partial charge on any atom is -0.370 e. The number of guanidine groups is 1. The van der Waals surface area contributed by atoms with Gasteiger partial charge in [-0.3, -0.25) is 4.68 Å². The first-order valence-corrected chi connectivity index (χ1v) is 6.74. The Kier molecular flexibility index (Phi) is 6.60. The third kappa shape index (κ3) is 4.67. The molecule has 2 rings (SSSR count). The maximum absolute atomic E-state index is 5.86. The number of nitrogens with zero attached hydrogens (tertiary/aromatic N) is 3. The summed E-state index contributed by atoms with van der Waals surface area (Å²) in [5.41, 5.74) is 8.12. The second-order valence-corrected chi connectivity index (χ2v) is 5.01. The van der Waals surface area contributed by atoms with Gasteiger partial charge in [-0.05, 0) is 25.2 Å². The molecule has 1 aromatic heterocycles. The van der Waals surface area contributed by atoms with Crippen molar-refractivity contribution in [3.05, 3.63) is 17.5 Å². The quantitative estimate of drug-likeness (QED) is 0.467. The molecule has 1 aliphatic carbocycles. The highest BCUT2D eigenvalue weighted by Gasteiger charge is 2.16. The Balaban J connectivity index is 0.00000180. The lowest BCUT2D eigenvalue weighted by molar-refractivity contribution is 0.315. The van der Waals surface area contributed by atoms with Gasteiger partial charge < -0.3 is 11.1 Å². The van der Waals surface area contributed by atoms with Crippen LogP contribution < -0.4 is 11.1 Å². The van der Waals surface area contributed by atoms with Gasteiger partial charge in [0.25, 0.3) is 0 Å². The summed E-state index contributed by atoms with van der Waals surface area (Å²) in [5.74, 6) is 1.34. The van der Waals surface area contributed by atoms with E-state index in [2.05, 4.69) is 22.3 Å². The third-order valence-electron chi connectivity index (χ3n) is 3.54. The summed E-state index contributed by atoms with van der Waals surface area (Å²) < 4.78 is 1.83. The molecule has 0 aliphatic heterocycles. The molecule has 0 saturated heterocycles. The lowest BCUT2D eigenvalue weighted by Gasteiger charge is -2.25. The molecule has 0 spiro atoms. The molecular formula is C13H24IN5. The molecule has 0 atom stereocenters. The fourth-order valence-corrected chi connectivity index (χ4v) is 2.19. The minimum atomic E-state index is 0. The largest absolute Gasteiger partial charge is 0.370 e. The monoisotopic (exact) mass is 377 g/mol. The van der Waals surface area contributed by atoms with Crippen molar-refractivity contribution in [3.8, 4) is 0 Å². The number of halogens is 1. The molecule has 1 heterocycles. The predicted octanol–water partition coefficient (Wildman–Crippen LogP) is 1.80. The molecule has 0 aromatic carbocycles. The van der Waals surface area contributed by atoms with Crippen molar-refractivity contribution in [1.29, 1.82) is 0 Å². The van der Waals surface area contributed by atoms with Gasteiger partial charge in [-0.1, -0.05) is 13.3 Å². The van der Waals surface area contributed by atoms with Gasteiger partial charge in [0.2, 0.25) is 0 Å². The third-order valence-corrected chi connectivity index (χ3v) is 3.54. The highest BCUT2D eigenvalue weighted by atomic mass is 127. The van der Waals surface area contributed by atoms with Crippen LogP contribution in [0.25, 0.3) is 0 Å². The van der Waals surface area contributed by atoms with Crippen molar-refractivity contribution in [3.63, 3.8) is 0 Å². The van der Waals surface area contributed by atoms with Gasteiger partial charge in [0, 0.05) is 25.4 Å². The van der Waals surface area contributed by atoms with E-state index in [1.807, 2.05) is 17.9 Å². The van der Waals surface area contributed by atoms with Crippen LogP contribution in [0.1, 0.15) is 37.4 Å². The lowest BCUT2D eigenvalue weighted by Crippen LogP contribution is -2.37. The van der Waals surface area contributed by atoms with Crippen LogP contribution >= 0.6 is 24.0 Å². The molecule has 0 amide bonds. The van der Waals surface area contributed by atoms with Gasteiger partial charge in [-0.2, -0.15) is 5.10 Å². The Bertz CT molecular complexity index is 423. The van der Waals surface area contributed by atoms with E-state index in [1.165, 1.54) is 19.3 Å². The first-order chi connectivity index (χ1) is 8.69. The van der Waals surface area contributed by atoms with Crippen molar-refractivity contribution >= 4 is 29.9 Å². The maximum atomic E-state index is 5.86. The fraction of sp³-hybridized carbons (Fsp3) is 0.692. The number of rotatable bonds is 5. The number of aromatic nitrogens is 2. The zero-order valence-corrected chi connectivity index (χ0v) is 14.1. The van der Waals surface area contributed by atoms with E-state index in [1.54, 1.807) is 0 Å². The minimum absolute atomic E-state index is 0. The van der Waals surface area contributed by atoms with E-state index in [4.69, 9.17) is 5.73 Å². The van der Waals surface area contributed by atoms with Crippen molar-refractivity contribution in [2.45, 2.75) is 39.2 Å². The average Bonchev–Trinajstić information content (AvgIpc) is 2.65. The number of nitrogens with two attached hydrogens (primary N) is 1. The molecule has 1 fully saturated rings. The summed E-state index contributed by atoms with van der Waals surface area (Å²) in [6.45, 7) is 3.68. The van der Waals surface area contributed by atoms with Crippen molar-refractivity contribution < 1.29 is 0 Å². The van der Waals surface area contributed by atoms with Crippen LogP contribution in [-0.4, -0.2) is 22.3 Å². The van der Waals surface area contributed by atoms with Crippen LogP contribution in [0.3, 0.4) is 0 Å². The number of aliphatic imine (C=N–C) groups is 1. The van der Waals surface area contributed by atoms with Crippen LogP contribution in [0, 0.1) is 5.92 Å². The Morgan fingerprint density at radius 1 is 1.58 bits per heavy atom. The summed E-state index contributed by atoms with van der Waals surface area (Å²) >= 11 is 0. The predicted molar refractivity (Wildman–Crippen MR) is 88.7 cm³/mol. The van der Waals surface area contributed by atoms with E-state index in [9.17, 15) is 0 Å². The van der Waals surface area contributed by atoms with E-state index in [0.29, 0.717) is 12.5 Å². The van der Waals surface area contributed by atoms with E-state index < -0.39 is 0 Å². The fourth-order valence-electron chi connectivity index (χ4n) is 2.19. The Morgan fingerprint density at radius 3 is 2.89 bits per heavy atom. The zero-order chi connectivity index (χ0) is 13.0. The van der Waals surface area contributed by atoms with E-state index in [-0.39, 0.29) is 24.0 Å². The lowest BCUT2D eigenvalue weighted by atomic mass is 9.85. The Hall–Kier alpha value is -0.790. The summed E-state index contributed by atoms with van der Waals surface area (Å²) in [6.07, 6.45) is 6.95. The second-order valence-electron chi connectivity index (χ2n) is 5.01. The van der Waals surface area contributed by atoms with Crippen LogP contribution in [0.4, 0.5) is 0 Å². The SMILES string of the molecule is CCc1nn(C)cc1CN=C(N)NCC1CCC1.I. The van der Waals surface area contributed by atoms with E-state index in [0.717, 1.165) is 30.1 Å². The van der Waals surface area contributed by atoms with E-state index >= 15 is 0 Å². The van der Waals surface area contributed by atoms with Gasteiger partial charge in [0.05, 0.1) is 12.2 Å². The Labute approximate surface area is 132 Å². The number of hydrogen-bond donors (Lipinski definition) is 2. The molecule has 108 valence electrons. The van der Waals surface area contributed by atoms with Crippen molar-refractivity contribution in [2.24, 2.45) is 23.7 Å². The molecule has 19 heavy (non-hydrogen) atoms. The Morgan fingerprint density at radius 2 is 2.32 bits per heavy atom. The first-order valence-electron chi connectivity index (χ1n) is 6.74. The smallest absolute Gasteiger partial charge is 0.188 e. The summed E-state index contributed by atoms with van der Waals surface area (Å²) in [4.78, 5) is 4.38. The number of hydrogen-bond acceptors (Lipinski definition) is 2. The standard InChI is InChI=1S/C13H23N5.HI/c1-3-12-11(9-18(2)17-12)8-16-13(14)15-7-10-5-4-6-10;/h9-10H,3-8H2,1-2H3,(H3,14,15,16);1H. The van der Waals surface area contributed by atoms with Gasteiger partial charge >= 0.3 is 0 Å². The van der Waals surface area contributed by atoms with Gasteiger partial charge in [-0.15, -0.1) is 24.0 Å². The molecule has 1 aliphatic rings. The molecule has 0 unspecified atom stereocenters. The summed E-state index contributed by atoms with van der Waals surface area (Å²) in [6, 6.07) is 0. The molecule has 0 radical (unpaired) electrons. The van der Waals surface area contributed by atoms with Gasteiger partial charge in [0.1, 0.15) is 0 Å². The normalized spacial score (nSPS) is 15.8. The molecule has 6 heteroatoms. The second kappa shape index (κ2) is 7.72. The van der Waals surface area contributed by atoms with Crippen LogP contribution in [0.15, 0.2) is 11.2 Å². The van der Waals surface area contributed by atoms with Crippen LogP contribution in [-0.2, 0) is 20.0 Å². The van der Waals surface area contributed by atoms with Gasteiger partial charge in [-0.25, -0.2) is 4.99 Å². The highest BCUT2D eigenvalue weighted by Crippen LogP contribution is 2.24. The molecule has 1 aromatic rings. The molecule has 0 bridgehead atoms. The van der Waals surface area contributed by atoms with Crippen LogP contribution in [0.2, 0.25) is 0 Å². The van der Waals surface area contributed by atoms with Gasteiger partial charge in [0.15, 0.2) is 5.96 Å². The van der Waals surface area contributed by atoms with Crippen LogP contribution in [0.5, 0.6) is 0 Å². The molecule has 5 nitrogen and oxygen atoms in total. The highest BCUT2D eigenvalue weighted by molar-refractivity contribution is 14.0.